The highest BCUT2D eigenvalue weighted by Gasteiger charge is 2.16. The van der Waals surface area contributed by atoms with Crippen molar-refractivity contribution in [2.45, 2.75) is 33.2 Å². The Morgan fingerprint density at radius 1 is 1.37 bits per heavy atom. The maximum absolute atomic E-state index is 5.33. The van der Waals surface area contributed by atoms with Crippen LogP contribution in [0.1, 0.15) is 38.0 Å². The van der Waals surface area contributed by atoms with E-state index in [4.69, 9.17) is 9.26 Å². The highest BCUT2D eigenvalue weighted by molar-refractivity contribution is 5.38. The van der Waals surface area contributed by atoms with Crippen LogP contribution in [0.2, 0.25) is 0 Å². The van der Waals surface area contributed by atoms with Crippen LogP contribution < -0.4 is 10.1 Å². The van der Waals surface area contributed by atoms with Gasteiger partial charge in [0.2, 0.25) is 11.8 Å². The third-order valence-electron chi connectivity index (χ3n) is 2.52. The molecule has 7 heteroatoms. The van der Waals surface area contributed by atoms with Crippen LogP contribution in [0.25, 0.3) is 0 Å². The van der Waals surface area contributed by atoms with E-state index in [1.807, 2.05) is 13.8 Å². The largest absolute Gasteiger partial charge is 0.478 e. The molecular formula is C12H17N5O2. The quantitative estimate of drug-likeness (QED) is 0.854. The fourth-order valence-electron chi connectivity index (χ4n) is 1.63. The number of nitrogens with one attached hydrogen (secondary N) is 1. The van der Waals surface area contributed by atoms with Crippen molar-refractivity contribution in [3.63, 3.8) is 0 Å². The van der Waals surface area contributed by atoms with Gasteiger partial charge in [-0.3, -0.25) is 0 Å². The molecule has 2 aromatic heterocycles. The number of aromatic nitrogens is 4. The fourth-order valence-corrected chi connectivity index (χ4v) is 1.63. The first-order valence-electron chi connectivity index (χ1n) is 6.24. The van der Waals surface area contributed by atoms with E-state index >= 15 is 0 Å². The summed E-state index contributed by atoms with van der Waals surface area (Å²) < 4.78 is 10.3. The van der Waals surface area contributed by atoms with Crippen LogP contribution in [0.5, 0.6) is 5.88 Å². The summed E-state index contributed by atoms with van der Waals surface area (Å²) in [5.41, 5.74) is 0. The monoisotopic (exact) mass is 263 g/mol. The van der Waals surface area contributed by atoms with Crippen molar-refractivity contribution in [1.29, 1.82) is 0 Å². The molecule has 0 fully saturated rings. The Balaban J connectivity index is 2.11. The fraction of sp³-hybridized carbons (Fsp3) is 0.500. The molecular weight excluding hydrogens is 246 g/mol. The lowest BCUT2D eigenvalue weighted by Crippen LogP contribution is -2.12. The van der Waals surface area contributed by atoms with Gasteiger partial charge in [-0.1, -0.05) is 12.1 Å². The minimum Gasteiger partial charge on any atom is -0.478 e. The Kier molecular flexibility index (Phi) is 4.27. The standard InChI is InChI=1S/C12H17N5O2/c1-4-9(12-15-8(3)19-17-12)16-10-6-11(18-5-2)14-7-13-10/h6-7,9H,4-5H2,1-3H3,(H,13,14,16). The SMILES string of the molecule is CCOc1cc(NC(CC)c2noc(C)n2)ncn1. The average Bonchev–Trinajstić information content (AvgIpc) is 2.83. The van der Waals surface area contributed by atoms with Gasteiger partial charge in [-0.2, -0.15) is 4.98 Å². The lowest BCUT2D eigenvalue weighted by Gasteiger charge is -2.13. The minimum absolute atomic E-state index is 0.0539. The van der Waals surface area contributed by atoms with Crippen LogP contribution in [0.3, 0.4) is 0 Å². The second kappa shape index (κ2) is 6.12. The Bertz CT molecular complexity index is 528. The summed E-state index contributed by atoms with van der Waals surface area (Å²) in [6.07, 6.45) is 2.27. The molecule has 0 saturated carbocycles. The molecule has 0 aliphatic rings. The molecule has 2 heterocycles. The predicted octanol–water partition coefficient (Wildman–Crippen LogP) is 2.13. The summed E-state index contributed by atoms with van der Waals surface area (Å²) in [4.78, 5) is 12.4. The van der Waals surface area contributed by atoms with Crippen LogP contribution in [0.15, 0.2) is 16.9 Å². The van der Waals surface area contributed by atoms with Gasteiger partial charge in [0.25, 0.3) is 0 Å². The minimum atomic E-state index is -0.0539. The van der Waals surface area contributed by atoms with Gasteiger partial charge in [-0.25, -0.2) is 9.97 Å². The Hall–Kier alpha value is -2.18. The maximum atomic E-state index is 5.33. The van der Waals surface area contributed by atoms with Gasteiger partial charge in [-0.05, 0) is 13.3 Å². The number of nitrogens with zero attached hydrogens (tertiary/aromatic N) is 4. The summed E-state index contributed by atoms with van der Waals surface area (Å²) in [6.45, 7) is 6.28. The van der Waals surface area contributed by atoms with Gasteiger partial charge in [0.05, 0.1) is 12.6 Å². The molecule has 2 rings (SSSR count). The van der Waals surface area contributed by atoms with Gasteiger partial charge < -0.3 is 14.6 Å². The van der Waals surface area contributed by atoms with Crippen molar-refractivity contribution < 1.29 is 9.26 Å². The van der Waals surface area contributed by atoms with Gasteiger partial charge in [0, 0.05) is 13.0 Å². The zero-order valence-electron chi connectivity index (χ0n) is 11.3. The van der Waals surface area contributed by atoms with Crippen LogP contribution >= 0.6 is 0 Å². The zero-order chi connectivity index (χ0) is 13.7. The van der Waals surface area contributed by atoms with E-state index in [-0.39, 0.29) is 6.04 Å². The summed E-state index contributed by atoms with van der Waals surface area (Å²) >= 11 is 0. The summed E-state index contributed by atoms with van der Waals surface area (Å²) in [5.74, 6) is 2.39. The van der Waals surface area contributed by atoms with E-state index in [1.165, 1.54) is 6.33 Å². The van der Waals surface area contributed by atoms with Crippen molar-refractivity contribution in [1.82, 2.24) is 20.1 Å². The summed E-state index contributed by atoms with van der Waals surface area (Å²) in [7, 11) is 0. The van der Waals surface area contributed by atoms with Crippen molar-refractivity contribution in [2.24, 2.45) is 0 Å². The molecule has 2 aromatic rings. The average molecular weight is 263 g/mol. The van der Waals surface area contributed by atoms with E-state index in [0.717, 1.165) is 6.42 Å². The molecule has 19 heavy (non-hydrogen) atoms. The molecule has 0 radical (unpaired) electrons. The van der Waals surface area contributed by atoms with Gasteiger partial charge >= 0.3 is 0 Å². The van der Waals surface area contributed by atoms with Crippen LogP contribution in [0, 0.1) is 6.92 Å². The molecule has 1 N–H and O–H groups in total. The topological polar surface area (TPSA) is 86.0 Å². The summed E-state index contributed by atoms with van der Waals surface area (Å²) in [5, 5.41) is 7.16. The van der Waals surface area contributed by atoms with Crippen molar-refractivity contribution in [2.75, 3.05) is 11.9 Å². The molecule has 0 amide bonds. The van der Waals surface area contributed by atoms with Crippen molar-refractivity contribution >= 4 is 5.82 Å². The molecule has 0 aliphatic carbocycles. The van der Waals surface area contributed by atoms with E-state index < -0.39 is 0 Å². The summed E-state index contributed by atoms with van der Waals surface area (Å²) in [6, 6.07) is 1.70. The molecule has 0 bridgehead atoms. The van der Waals surface area contributed by atoms with Crippen molar-refractivity contribution in [3.05, 3.63) is 24.1 Å². The van der Waals surface area contributed by atoms with E-state index in [0.29, 0.717) is 30.0 Å². The molecule has 102 valence electrons. The van der Waals surface area contributed by atoms with Gasteiger partial charge in [-0.15, -0.1) is 0 Å². The van der Waals surface area contributed by atoms with Gasteiger partial charge in [0.15, 0.2) is 5.82 Å². The second-order valence-corrected chi connectivity index (χ2v) is 3.95. The number of hydrogen-bond acceptors (Lipinski definition) is 7. The molecule has 1 atom stereocenters. The Labute approximate surface area is 111 Å². The highest BCUT2D eigenvalue weighted by atomic mass is 16.5. The lowest BCUT2D eigenvalue weighted by atomic mass is 10.2. The first kappa shape index (κ1) is 13.3. The number of aryl methyl sites for hydroxylation is 1. The predicted molar refractivity (Wildman–Crippen MR) is 68.9 cm³/mol. The third kappa shape index (κ3) is 3.40. The van der Waals surface area contributed by atoms with E-state index in [1.54, 1.807) is 13.0 Å². The number of rotatable bonds is 6. The number of anilines is 1. The molecule has 0 aromatic carbocycles. The first-order valence-corrected chi connectivity index (χ1v) is 6.24. The highest BCUT2D eigenvalue weighted by Crippen LogP contribution is 2.20. The Morgan fingerprint density at radius 3 is 2.84 bits per heavy atom. The molecule has 0 aliphatic heterocycles. The number of hydrogen-bond donors (Lipinski definition) is 1. The molecule has 1 unspecified atom stereocenters. The lowest BCUT2D eigenvalue weighted by molar-refractivity contribution is 0.326. The molecule has 0 saturated heterocycles. The number of ether oxygens (including phenoxy) is 1. The maximum Gasteiger partial charge on any atom is 0.223 e. The van der Waals surface area contributed by atoms with E-state index in [2.05, 4.69) is 25.4 Å². The van der Waals surface area contributed by atoms with Crippen LogP contribution in [0.4, 0.5) is 5.82 Å². The molecule has 7 nitrogen and oxygen atoms in total. The zero-order valence-corrected chi connectivity index (χ0v) is 11.3. The van der Waals surface area contributed by atoms with E-state index in [9.17, 15) is 0 Å². The van der Waals surface area contributed by atoms with Gasteiger partial charge in [0.1, 0.15) is 12.1 Å². The van der Waals surface area contributed by atoms with Crippen LogP contribution in [-0.4, -0.2) is 26.7 Å². The third-order valence-corrected chi connectivity index (χ3v) is 2.52. The Morgan fingerprint density at radius 2 is 2.21 bits per heavy atom. The molecule has 0 spiro atoms. The van der Waals surface area contributed by atoms with Crippen molar-refractivity contribution in [3.8, 4) is 5.88 Å². The van der Waals surface area contributed by atoms with Crippen LogP contribution in [-0.2, 0) is 0 Å². The smallest absolute Gasteiger partial charge is 0.223 e. The second-order valence-electron chi connectivity index (χ2n) is 3.95. The normalized spacial score (nSPS) is 12.2. The first-order chi connectivity index (χ1) is 9.22.